The van der Waals surface area contributed by atoms with Gasteiger partial charge in [-0.15, -0.1) is 0 Å². The van der Waals surface area contributed by atoms with Gasteiger partial charge in [-0.05, 0) is 29.0 Å². The molecule has 0 aromatic heterocycles. The minimum atomic E-state index is -1.59. The van der Waals surface area contributed by atoms with E-state index in [4.69, 9.17) is 4.43 Å². The minimum absolute atomic E-state index is 0.262. The van der Waals surface area contributed by atoms with Crippen LogP contribution in [-0.4, -0.2) is 14.4 Å². The fourth-order valence-corrected chi connectivity index (χ4v) is 2.57. The van der Waals surface area contributed by atoms with E-state index in [1.54, 1.807) is 0 Å². The first-order chi connectivity index (χ1) is 6.20. The molecule has 0 spiro atoms. The molecule has 0 aliphatic rings. The molecule has 0 radical (unpaired) electrons. The predicted molar refractivity (Wildman–Crippen MR) is 74.2 cm³/mol. The summed E-state index contributed by atoms with van der Waals surface area (Å²) in [5.41, 5.74) is 0. The molecule has 0 aromatic rings. The van der Waals surface area contributed by atoms with Gasteiger partial charge in [0.25, 0.3) is 0 Å². The van der Waals surface area contributed by atoms with Gasteiger partial charge in [-0.2, -0.15) is 0 Å². The fourth-order valence-electron chi connectivity index (χ4n) is 0.904. The van der Waals surface area contributed by atoms with Gasteiger partial charge in [0, 0.05) is 29.0 Å². The zero-order valence-corrected chi connectivity index (χ0v) is 13.2. The summed E-state index contributed by atoms with van der Waals surface area (Å²) in [6.45, 7) is 13.4. The van der Waals surface area contributed by atoms with Crippen LogP contribution in [-0.2, 0) is 4.43 Å². The molecular formula is C11H21IOSi. The lowest BCUT2D eigenvalue weighted by atomic mass is 10.2. The van der Waals surface area contributed by atoms with E-state index in [2.05, 4.69) is 73.2 Å². The molecule has 0 aliphatic carbocycles. The Morgan fingerprint density at radius 2 is 1.86 bits per heavy atom. The lowest BCUT2D eigenvalue weighted by Crippen LogP contribution is -2.43. The van der Waals surface area contributed by atoms with Gasteiger partial charge in [0.2, 0.25) is 0 Å². The topological polar surface area (TPSA) is 9.23 Å². The summed E-state index contributed by atoms with van der Waals surface area (Å²) in [4.78, 5) is 0. The highest BCUT2D eigenvalue weighted by Gasteiger charge is 2.38. The van der Waals surface area contributed by atoms with E-state index in [9.17, 15) is 0 Å². The Morgan fingerprint density at radius 1 is 1.36 bits per heavy atom. The van der Waals surface area contributed by atoms with Gasteiger partial charge in [-0.1, -0.05) is 26.7 Å². The molecule has 0 aliphatic heterocycles. The largest absolute Gasteiger partial charge is 0.413 e. The van der Waals surface area contributed by atoms with Crippen LogP contribution in [0.2, 0.25) is 18.1 Å². The van der Waals surface area contributed by atoms with Crippen molar-refractivity contribution in [3.8, 4) is 9.85 Å². The fraction of sp³-hybridized carbons (Fsp3) is 0.818. The van der Waals surface area contributed by atoms with Crippen LogP contribution in [0.3, 0.4) is 0 Å². The molecule has 3 heteroatoms. The minimum Gasteiger partial charge on any atom is -0.413 e. The second-order valence-corrected chi connectivity index (χ2v) is 10.5. The van der Waals surface area contributed by atoms with Gasteiger partial charge in [0.15, 0.2) is 8.32 Å². The molecule has 0 saturated heterocycles. The Kier molecular flexibility index (Phi) is 5.71. The first kappa shape index (κ1) is 14.5. The molecule has 0 unspecified atom stereocenters. The van der Waals surface area contributed by atoms with Gasteiger partial charge in [0.05, 0.1) is 6.10 Å². The summed E-state index contributed by atoms with van der Waals surface area (Å²) in [6, 6.07) is 0. The molecule has 1 atom stereocenters. The van der Waals surface area contributed by atoms with Gasteiger partial charge < -0.3 is 4.43 Å². The molecule has 0 rings (SSSR count). The summed E-state index contributed by atoms with van der Waals surface area (Å²) in [6.07, 6.45) is 1.10. The maximum absolute atomic E-state index is 6.14. The molecule has 0 heterocycles. The molecule has 1 nitrogen and oxygen atoms in total. The average Bonchev–Trinajstić information content (AvgIpc) is 1.97. The SMILES string of the molecule is C[C@@H](CC#CI)O[Si](C)(C)C(C)(C)C. The summed E-state index contributed by atoms with van der Waals surface area (Å²) in [5, 5.41) is 0.291. The second kappa shape index (κ2) is 5.52. The molecule has 0 aromatic carbocycles. The van der Waals surface area contributed by atoms with Gasteiger partial charge in [-0.25, -0.2) is 0 Å². The Bertz CT molecular complexity index is 232. The quantitative estimate of drug-likeness (QED) is 0.430. The molecule has 14 heavy (non-hydrogen) atoms. The van der Waals surface area contributed by atoms with Crippen LogP contribution in [0.1, 0.15) is 34.1 Å². The normalized spacial score (nSPS) is 14.5. The highest BCUT2D eigenvalue weighted by atomic mass is 127. The molecule has 0 amide bonds. The van der Waals surface area contributed by atoms with E-state index in [0.29, 0.717) is 5.04 Å². The summed E-state index contributed by atoms with van der Waals surface area (Å²) >= 11 is 2.07. The molecule has 0 saturated carbocycles. The third-order valence-corrected chi connectivity index (χ3v) is 7.74. The van der Waals surface area contributed by atoms with Crippen LogP contribution < -0.4 is 0 Å². The zero-order valence-electron chi connectivity index (χ0n) is 10.1. The van der Waals surface area contributed by atoms with E-state index >= 15 is 0 Å². The van der Waals surface area contributed by atoms with E-state index in [-0.39, 0.29) is 6.10 Å². The number of hydrogen-bond donors (Lipinski definition) is 0. The molecule has 0 bridgehead atoms. The lowest BCUT2D eigenvalue weighted by Gasteiger charge is -2.38. The summed E-state index contributed by atoms with van der Waals surface area (Å²) < 4.78 is 9.02. The molecular weight excluding hydrogens is 303 g/mol. The second-order valence-electron chi connectivity index (χ2n) is 5.16. The van der Waals surface area contributed by atoms with Crippen molar-refractivity contribution in [3.63, 3.8) is 0 Å². The number of hydrogen-bond acceptors (Lipinski definition) is 1. The first-order valence-electron chi connectivity index (χ1n) is 4.97. The maximum Gasteiger partial charge on any atom is 0.192 e. The smallest absolute Gasteiger partial charge is 0.192 e. The van der Waals surface area contributed by atoms with Crippen LogP contribution >= 0.6 is 22.6 Å². The summed E-state index contributed by atoms with van der Waals surface area (Å²) in [7, 11) is -1.59. The number of halogens is 1. The van der Waals surface area contributed by atoms with Crippen molar-refractivity contribution in [2.75, 3.05) is 0 Å². The van der Waals surface area contributed by atoms with Crippen molar-refractivity contribution in [2.24, 2.45) is 0 Å². The van der Waals surface area contributed by atoms with Crippen LogP contribution in [0.25, 0.3) is 0 Å². The molecule has 0 fully saturated rings. The van der Waals surface area contributed by atoms with Crippen LogP contribution in [0.4, 0.5) is 0 Å². The van der Waals surface area contributed by atoms with Crippen molar-refractivity contribution in [2.45, 2.75) is 58.4 Å². The molecule has 0 N–H and O–H groups in total. The third-order valence-electron chi connectivity index (χ3n) is 2.76. The Labute approximate surface area is 103 Å². The standard InChI is InChI=1S/C11H21IOSi/c1-10(8-7-9-12)13-14(5,6)11(2,3)4/h10H,8H2,1-6H3/t10-/m0/s1. The van der Waals surface area contributed by atoms with Crippen molar-refractivity contribution in [3.05, 3.63) is 0 Å². The van der Waals surface area contributed by atoms with E-state index in [1.807, 2.05) is 0 Å². The summed E-state index contributed by atoms with van der Waals surface area (Å²) in [5.74, 6) is 3.06. The average molecular weight is 324 g/mol. The van der Waals surface area contributed by atoms with Crippen molar-refractivity contribution in [1.82, 2.24) is 0 Å². The first-order valence-corrected chi connectivity index (χ1v) is 8.95. The third kappa shape index (κ3) is 4.81. The predicted octanol–water partition coefficient (Wildman–Crippen LogP) is 4.18. The van der Waals surface area contributed by atoms with Crippen molar-refractivity contribution >= 4 is 30.9 Å². The Balaban J connectivity index is 4.27. The van der Waals surface area contributed by atoms with Crippen LogP contribution in [0, 0.1) is 9.85 Å². The highest BCUT2D eigenvalue weighted by molar-refractivity contribution is 14.1. The van der Waals surface area contributed by atoms with Crippen molar-refractivity contribution < 1.29 is 4.43 Å². The molecule has 82 valence electrons. The van der Waals surface area contributed by atoms with Gasteiger partial charge in [0.1, 0.15) is 0 Å². The Morgan fingerprint density at radius 3 is 2.21 bits per heavy atom. The monoisotopic (exact) mass is 324 g/mol. The van der Waals surface area contributed by atoms with Gasteiger partial charge in [-0.3, -0.25) is 0 Å². The number of rotatable bonds is 3. The van der Waals surface area contributed by atoms with E-state index in [0.717, 1.165) is 6.42 Å². The lowest BCUT2D eigenvalue weighted by molar-refractivity contribution is 0.204. The van der Waals surface area contributed by atoms with E-state index < -0.39 is 8.32 Å². The van der Waals surface area contributed by atoms with Crippen LogP contribution in [0.15, 0.2) is 0 Å². The van der Waals surface area contributed by atoms with Crippen LogP contribution in [0.5, 0.6) is 0 Å². The maximum atomic E-state index is 6.14. The zero-order chi connectivity index (χ0) is 11.4. The van der Waals surface area contributed by atoms with Crippen molar-refractivity contribution in [1.29, 1.82) is 0 Å². The Hall–Kier alpha value is 0.467. The highest BCUT2D eigenvalue weighted by Crippen LogP contribution is 2.37. The van der Waals surface area contributed by atoms with E-state index in [1.165, 1.54) is 0 Å². The van der Waals surface area contributed by atoms with Gasteiger partial charge >= 0.3 is 0 Å².